The van der Waals surface area contributed by atoms with Crippen molar-refractivity contribution in [2.45, 2.75) is 19.8 Å². The van der Waals surface area contributed by atoms with Gasteiger partial charge in [0, 0.05) is 16.5 Å². The van der Waals surface area contributed by atoms with E-state index in [-0.39, 0.29) is 6.42 Å². The number of aryl methyl sites for hydroxylation is 1. The average Bonchev–Trinajstić information content (AvgIpc) is 2.91. The SMILES string of the molecule is CCc1ccc2[nH]c(-c3cc(F)ccc3OC)c(CC(=O)O)c2c1. The molecular formula is C19H18FNO3. The highest BCUT2D eigenvalue weighted by Gasteiger charge is 2.19. The largest absolute Gasteiger partial charge is 0.496 e. The summed E-state index contributed by atoms with van der Waals surface area (Å²) in [5.41, 5.74) is 3.67. The third-order valence-corrected chi connectivity index (χ3v) is 4.14. The van der Waals surface area contributed by atoms with Gasteiger partial charge in [0.1, 0.15) is 11.6 Å². The topological polar surface area (TPSA) is 62.3 Å². The van der Waals surface area contributed by atoms with Gasteiger partial charge >= 0.3 is 5.97 Å². The van der Waals surface area contributed by atoms with Crippen molar-refractivity contribution in [2.24, 2.45) is 0 Å². The van der Waals surface area contributed by atoms with Crippen molar-refractivity contribution in [1.29, 1.82) is 0 Å². The minimum Gasteiger partial charge on any atom is -0.496 e. The first-order valence-corrected chi connectivity index (χ1v) is 7.72. The number of H-pyrrole nitrogens is 1. The van der Waals surface area contributed by atoms with Crippen molar-refractivity contribution in [3.8, 4) is 17.0 Å². The van der Waals surface area contributed by atoms with E-state index in [1.165, 1.54) is 25.3 Å². The van der Waals surface area contributed by atoms with E-state index in [0.29, 0.717) is 22.6 Å². The molecule has 0 amide bonds. The van der Waals surface area contributed by atoms with Crippen LogP contribution in [0, 0.1) is 5.82 Å². The van der Waals surface area contributed by atoms with Crippen LogP contribution in [-0.2, 0) is 17.6 Å². The van der Waals surface area contributed by atoms with Crippen molar-refractivity contribution in [2.75, 3.05) is 7.11 Å². The lowest BCUT2D eigenvalue weighted by molar-refractivity contribution is -0.136. The predicted octanol–water partition coefficient (Wildman–Crippen LogP) is 4.17. The molecule has 2 N–H and O–H groups in total. The van der Waals surface area contributed by atoms with Crippen LogP contribution >= 0.6 is 0 Å². The van der Waals surface area contributed by atoms with Crippen LogP contribution in [0.25, 0.3) is 22.2 Å². The number of carboxylic acids is 1. The maximum Gasteiger partial charge on any atom is 0.307 e. The molecule has 0 aliphatic rings. The van der Waals surface area contributed by atoms with Crippen LogP contribution in [0.15, 0.2) is 36.4 Å². The molecule has 5 heteroatoms. The number of nitrogens with one attached hydrogen (secondary N) is 1. The molecule has 0 bridgehead atoms. The van der Waals surface area contributed by atoms with E-state index in [2.05, 4.69) is 4.98 Å². The van der Waals surface area contributed by atoms with Gasteiger partial charge in [0.2, 0.25) is 0 Å². The summed E-state index contributed by atoms with van der Waals surface area (Å²) in [6.45, 7) is 2.04. The predicted molar refractivity (Wildman–Crippen MR) is 91.0 cm³/mol. The fourth-order valence-electron chi connectivity index (χ4n) is 2.96. The van der Waals surface area contributed by atoms with Gasteiger partial charge in [-0.05, 0) is 47.9 Å². The van der Waals surface area contributed by atoms with E-state index >= 15 is 0 Å². The third kappa shape index (κ3) is 2.85. The molecule has 0 spiro atoms. The number of ether oxygens (including phenoxy) is 1. The number of rotatable bonds is 5. The van der Waals surface area contributed by atoms with E-state index in [9.17, 15) is 14.3 Å². The van der Waals surface area contributed by atoms with Crippen LogP contribution in [0.3, 0.4) is 0 Å². The number of carbonyl (C=O) groups is 1. The summed E-state index contributed by atoms with van der Waals surface area (Å²) in [6, 6.07) is 10.1. The molecule has 0 aliphatic heterocycles. The molecule has 2 aromatic carbocycles. The molecule has 124 valence electrons. The first kappa shape index (κ1) is 16.1. The number of aromatic nitrogens is 1. The van der Waals surface area contributed by atoms with Gasteiger partial charge in [-0.25, -0.2) is 4.39 Å². The Hall–Kier alpha value is -2.82. The zero-order valence-electron chi connectivity index (χ0n) is 13.5. The highest BCUT2D eigenvalue weighted by molar-refractivity contribution is 5.95. The van der Waals surface area contributed by atoms with E-state index in [1.807, 2.05) is 25.1 Å². The van der Waals surface area contributed by atoms with Crippen molar-refractivity contribution in [1.82, 2.24) is 4.98 Å². The molecule has 0 aliphatic carbocycles. The molecular weight excluding hydrogens is 309 g/mol. The van der Waals surface area contributed by atoms with Gasteiger partial charge in [-0.1, -0.05) is 13.0 Å². The Bertz CT molecular complexity index is 914. The number of aromatic amines is 1. The van der Waals surface area contributed by atoms with Gasteiger partial charge in [-0.3, -0.25) is 4.79 Å². The van der Waals surface area contributed by atoms with Crippen LogP contribution < -0.4 is 4.74 Å². The van der Waals surface area contributed by atoms with Crippen molar-refractivity contribution >= 4 is 16.9 Å². The second-order valence-electron chi connectivity index (χ2n) is 5.63. The molecule has 3 aromatic rings. The lowest BCUT2D eigenvalue weighted by Crippen LogP contribution is -2.01. The second-order valence-corrected chi connectivity index (χ2v) is 5.63. The van der Waals surface area contributed by atoms with Crippen LogP contribution in [0.1, 0.15) is 18.1 Å². The second kappa shape index (κ2) is 6.35. The lowest BCUT2D eigenvalue weighted by Gasteiger charge is -2.09. The highest BCUT2D eigenvalue weighted by Crippen LogP contribution is 2.36. The first-order chi connectivity index (χ1) is 11.5. The zero-order valence-corrected chi connectivity index (χ0v) is 13.5. The minimum atomic E-state index is -0.936. The Morgan fingerprint density at radius 2 is 2.04 bits per heavy atom. The fourth-order valence-corrected chi connectivity index (χ4v) is 2.96. The summed E-state index contributed by atoms with van der Waals surface area (Å²) in [7, 11) is 1.51. The van der Waals surface area contributed by atoms with Gasteiger partial charge in [0.05, 0.1) is 19.2 Å². The quantitative estimate of drug-likeness (QED) is 0.739. The van der Waals surface area contributed by atoms with Crippen molar-refractivity contribution < 1.29 is 19.0 Å². The third-order valence-electron chi connectivity index (χ3n) is 4.14. The molecule has 0 atom stereocenters. The van der Waals surface area contributed by atoms with Gasteiger partial charge in [0.25, 0.3) is 0 Å². The molecule has 24 heavy (non-hydrogen) atoms. The van der Waals surface area contributed by atoms with Gasteiger partial charge in [-0.15, -0.1) is 0 Å². The molecule has 1 heterocycles. The summed E-state index contributed by atoms with van der Waals surface area (Å²) in [5, 5.41) is 10.1. The number of hydrogen-bond acceptors (Lipinski definition) is 2. The minimum absolute atomic E-state index is 0.151. The Labute approximate surface area is 138 Å². The first-order valence-electron chi connectivity index (χ1n) is 7.72. The molecule has 4 nitrogen and oxygen atoms in total. The molecule has 0 unspecified atom stereocenters. The maximum atomic E-state index is 13.8. The number of aliphatic carboxylic acids is 1. The number of fused-ring (bicyclic) bond motifs is 1. The average molecular weight is 327 g/mol. The number of hydrogen-bond donors (Lipinski definition) is 2. The molecule has 0 saturated heterocycles. The molecule has 0 fully saturated rings. The zero-order chi connectivity index (χ0) is 17.3. The monoisotopic (exact) mass is 327 g/mol. The summed E-state index contributed by atoms with van der Waals surface area (Å²) in [6.07, 6.45) is 0.703. The van der Waals surface area contributed by atoms with E-state index in [4.69, 9.17) is 4.74 Å². The Kier molecular flexibility index (Phi) is 4.25. The normalized spacial score (nSPS) is 11.0. The summed E-state index contributed by atoms with van der Waals surface area (Å²) < 4.78 is 19.1. The maximum absolute atomic E-state index is 13.8. The summed E-state index contributed by atoms with van der Waals surface area (Å²) >= 11 is 0. The van der Waals surface area contributed by atoms with Crippen molar-refractivity contribution in [3.05, 3.63) is 53.3 Å². The summed E-state index contributed by atoms with van der Waals surface area (Å²) in [5.74, 6) is -0.847. The van der Waals surface area contributed by atoms with Crippen LogP contribution in [0.5, 0.6) is 5.75 Å². The van der Waals surface area contributed by atoms with Gasteiger partial charge < -0.3 is 14.8 Å². The number of benzene rings is 2. The van der Waals surface area contributed by atoms with Crippen LogP contribution in [0.2, 0.25) is 0 Å². The van der Waals surface area contributed by atoms with Crippen molar-refractivity contribution in [3.63, 3.8) is 0 Å². The Morgan fingerprint density at radius 3 is 2.71 bits per heavy atom. The van der Waals surface area contributed by atoms with Gasteiger partial charge in [0.15, 0.2) is 0 Å². The van der Waals surface area contributed by atoms with Crippen LogP contribution in [-0.4, -0.2) is 23.2 Å². The molecule has 0 saturated carbocycles. The van der Waals surface area contributed by atoms with Gasteiger partial charge in [-0.2, -0.15) is 0 Å². The van der Waals surface area contributed by atoms with E-state index in [0.717, 1.165) is 22.9 Å². The number of methoxy groups -OCH3 is 1. The van der Waals surface area contributed by atoms with Crippen LogP contribution in [0.4, 0.5) is 4.39 Å². The standard InChI is InChI=1S/C19H18FNO3/c1-3-11-4-6-16-13(8-11)14(10-18(22)23)19(21-16)15-9-12(20)5-7-17(15)24-2/h4-9,21H,3,10H2,1-2H3,(H,22,23). The lowest BCUT2D eigenvalue weighted by atomic mass is 10.0. The number of carboxylic acid groups (broad SMARTS) is 1. The Balaban J connectivity index is 2.31. The molecule has 3 rings (SSSR count). The molecule has 1 aromatic heterocycles. The highest BCUT2D eigenvalue weighted by atomic mass is 19.1. The smallest absolute Gasteiger partial charge is 0.307 e. The number of halogens is 1. The van der Waals surface area contributed by atoms with E-state index in [1.54, 1.807) is 0 Å². The summed E-state index contributed by atoms with van der Waals surface area (Å²) in [4.78, 5) is 14.6. The molecule has 0 radical (unpaired) electrons. The Morgan fingerprint density at radius 1 is 1.25 bits per heavy atom. The fraction of sp³-hybridized carbons (Fsp3) is 0.211. The van der Waals surface area contributed by atoms with E-state index < -0.39 is 11.8 Å².